The van der Waals surface area contributed by atoms with E-state index in [4.69, 9.17) is 4.42 Å². The van der Waals surface area contributed by atoms with Crippen molar-refractivity contribution in [3.63, 3.8) is 0 Å². The van der Waals surface area contributed by atoms with Gasteiger partial charge in [0.1, 0.15) is 0 Å². The summed E-state index contributed by atoms with van der Waals surface area (Å²) < 4.78 is 5.77. The topological polar surface area (TPSA) is 51.0 Å². The van der Waals surface area contributed by atoms with Crippen molar-refractivity contribution >= 4 is 0 Å². The van der Waals surface area contributed by atoms with Crippen LogP contribution in [0.15, 0.2) is 4.42 Å². The third-order valence-electron chi connectivity index (χ3n) is 3.52. The third-order valence-corrected chi connectivity index (χ3v) is 3.52. The van der Waals surface area contributed by atoms with Gasteiger partial charge in [0.15, 0.2) is 0 Å². The van der Waals surface area contributed by atoms with Gasteiger partial charge in [-0.3, -0.25) is 0 Å². The van der Waals surface area contributed by atoms with Crippen LogP contribution in [0.5, 0.6) is 0 Å². The van der Waals surface area contributed by atoms with Crippen molar-refractivity contribution in [2.75, 3.05) is 6.54 Å². The summed E-state index contributed by atoms with van der Waals surface area (Å²) in [4.78, 5) is 0. The van der Waals surface area contributed by atoms with Gasteiger partial charge < -0.3 is 9.73 Å². The van der Waals surface area contributed by atoms with Crippen molar-refractivity contribution in [3.05, 3.63) is 11.8 Å². The van der Waals surface area contributed by atoms with E-state index in [1.807, 2.05) is 0 Å². The number of hydrogen-bond acceptors (Lipinski definition) is 4. The molecule has 0 aromatic carbocycles. The molecule has 0 bridgehead atoms. The second-order valence-corrected chi connectivity index (χ2v) is 4.77. The highest BCUT2D eigenvalue weighted by Gasteiger charge is 2.29. The van der Waals surface area contributed by atoms with E-state index in [0.29, 0.717) is 11.8 Å². The lowest BCUT2D eigenvalue weighted by atomic mass is 9.98. The lowest BCUT2D eigenvalue weighted by Crippen LogP contribution is -2.17. The van der Waals surface area contributed by atoms with Gasteiger partial charge in [0.2, 0.25) is 11.8 Å². The average molecular weight is 223 g/mol. The monoisotopic (exact) mass is 223 g/mol. The molecule has 0 saturated heterocycles. The largest absolute Gasteiger partial charge is 0.423 e. The number of hydrogen-bond donors (Lipinski definition) is 1. The zero-order valence-corrected chi connectivity index (χ0v) is 10.4. The maximum Gasteiger partial charge on any atom is 0.233 e. The van der Waals surface area contributed by atoms with E-state index in [0.717, 1.165) is 18.3 Å². The first-order chi connectivity index (χ1) is 7.72. The van der Waals surface area contributed by atoms with Crippen LogP contribution in [0.1, 0.15) is 63.8 Å². The fraction of sp³-hybridized carbons (Fsp3) is 0.833. The summed E-state index contributed by atoms with van der Waals surface area (Å²) in [6.07, 6.45) is 3.76. The Labute approximate surface area is 96.8 Å². The van der Waals surface area contributed by atoms with Crippen molar-refractivity contribution in [2.45, 2.75) is 52.0 Å². The predicted octanol–water partition coefficient (Wildman–Crippen LogP) is 2.64. The van der Waals surface area contributed by atoms with Gasteiger partial charge in [-0.25, -0.2) is 0 Å². The van der Waals surface area contributed by atoms with Crippen molar-refractivity contribution in [1.82, 2.24) is 15.5 Å². The van der Waals surface area contributed by atoms with Gasteiger partial charge >= 0.3 is 0 Å². The first-order valence-electron chi connectivity index (χ1n) is 6.29. The number of nitrogens with zero attached hydrogens (tertiary/aromatic N) is 2. The molecule has 1 heterocycles. The van der Waals surface area contributed by atoms with E-state index < -0.39 is 0 Å². The van der Waals surface area contributed by atoms with Gasteiger partial charge in [-0.15, -0.1) is 10.2 Å². The van der Waals surface area contributed by atoms with Crippen LogP contribution in [0, 0.1) is 5.92 Å². The SMILES string of the molecule is CCNC(C)c1nnc(C2CCCC2C)o1. The number of aromatic nitrogens is 2. The van der Waals surface area contributed by atoms with E-state index in [-0.39, 0.29) is 6.04 Å². The van der Waals surface area contributed by atoms with E-state index in [1.165, 1.54) is 19.3 Å². The molecule has 0 spiro atoms. The summed E-state index contributed by atoms with van der Waals surface area (Å²) in [5.74, 6) is 2.72. The molecule has 1 saturated carbocycles. The molecule has 0 amide bonds. The highest BCUT2D eigenvalue weighted by Crippen LogP contribution is 2.38. The molecule has 3 unspecified atom stereocenters. The van der Waals surface area contributed by atoms with Crippen LogP contribution in [0.25, 0.3) is 0 Å². The molecular weight excluding hydrogens is 202 g/mol. The van der Waals surface area contributed by atoms with Crippen molar-refractivity contribution < 1.29 is 4.42 Å². The Morgan fingerprint density at radius 2 is 2.25 bits per heavy atom. The van der Waals surface area contributed by atoms with Gasteiger partial charge in [-0.1, -0.05) is 20.3 Å². The van der Waals surface area contributed by atoms with E-state index in [2.05, 4.69) is 36.3 Å². The lowest BCUT2D eigenvalue weighted by molar-refractivity contribution is 0.355. The van der Waals surface area contributed by atoms with Crippen molar-refractivity contribution in [1.29, 1.82) is 0 Å². The Balaban J connectivity index is 2.06. The van der Waals surface area contributed by atoms with Gasteiger partial charge in [0, 0.05) is 5.92 Å². The second kappa shape index (κ2) is 4.95. The fourth-order valence-corrected chi connectivity index (χ4v) is 2.48. The highest BCUT2D eigenvalue weighted by atomic mass is 16.4. The summed E-state index contributed by atoms with van der Waals surface area (Å²) >= 11 is 0. The Kier molecular flexibility index (Phi) is 3.59. The van der Waals surface area contributed by atoms with Crippen LogP contribution >= 0.6 is 0 Å². The average Bonchev–Trinajstić information content (AvgIpc) is 2.86. The molecule has 1 aliphatic rings. The summed E-state index contributed by atoms with van der Waals surface area (Å²) in [7, 11) is 0. The van der Waals surface area contributed by atoms with Crippen LogP contribution < -0.4 is 5.32 Å². The minimum Gasteiger partial charge on any atom is -0.423 e. The van der Waals surface area contributed by atoms with E-state index in [1.54, 1.807) is 0 Å². The van der Waals surface area contributed by atoms with Crippen LogP contribution in [0.4, 0.5) is 0 Å². The van der Waals surface area contributed by atoms with Gasteiger partial charge in [0.05, 0.1) is 6.04 Å². The quantitative estimate of drug-likeness (QED) is 0.852. The van der Waals surface area contributed by atoms with Gasteiger partial charge in [-0.05, 0) is 32.2 Å². The minimum absolute atomic E-state index is 0.156. The van der Waals surface area contributed by atoms with E-state index in [9.17, 15) is 0 Å². The molecular formula is C12H21N3O. The number of rotatable bonds is 4. The van der Waals surface area contributed by atoms with Crippen LogP contribution in [0.3, 0.4) is 0 Å². The standard InChI is InChI=1S/C12H21N3O/c1-4-13-9(3)11-14-15-12(16-11)10-7-5-6-8(10)2/h8-10,13H,4-7H2,1-3H3. The summed E-state index contributed by atoms with van der Waals surface area (Å²) in [5.41, 5.74) is 0. The Bertz CT molecular complexity index is 337. The lowest BCUT2D eigenvalue weighted by Gasteiger charge is -2.10. The minimum atomic E-state index is 0.156. The second-order valence-electron chi connectivity index (χ2n) is 4.77. The summed E-state index contributed by atoms with van der Waals surface area (Å²) in [5, 5.41) is 11.6. The third kappa shape index (κ3) is 2.26. The van der Waals surface area contributed by atoms with Crippen molar-refractivity contribution in [2.24, 2.45) is 5.92 Å². The maximum atomic E-state index is 5.77. The van der Waals surface area contributed by atoms with Crippen LogP contribution in [0.2, 0.25) is 0 Å². The molecule has 0 aliphatic heterocycles. The molecule has 1 aromatic rings. The van der Waals surface area contributed by atoms with E-state index >= 15 is 0 Å². The summed E-state index contributed by atoms with van der Waals surface area (Å²) in [6.45, 7) is 7.32. The Morgan fingerprint density at radius 1 is 1.44 bits per heavy atom. The molecule has 90 valence electrons. The molecule has 4 nitrogen and oxygen atoms in total. The molecule has 1 N–H and O–H groups in total. The zero-order chi connectivity index (χ0) is 11.5. The normalized spacial score (nSPS) is 27.2. The van der Waals surface area contributed by atoms with Crippen LogP contribution in [-0.4, -0.2) is 16.7 Å². The predicted molar refractivity (Wildman–Crippen MR) is 62.1 cm³/mol. The molecule has 3 atom stereocenters. The molecule has 4 heteroatoms. The molecule has 1 aromatic heterocycles. The first-order valence-corrected chi connectivity index (χ1v) is 6.29. The zero-order valence-electron chi connectivity index (χ0n) is 10.4. The summed E-state index contributed by atoms with van der Waals surface area (Å²) in [6, 6.07) is 0.156. The molecule has 16 heavy (non-hydrogen) atoms. The molecule has 1 fully saturated rings. The maximum absolute atomic E-state index is 5.77. The van der Waals surface area contributed by atoms with Gasteiger partial charge in [0.25, 0.3) is 0 Å². The van der Waals surface area contributed by atoms with Crippen molar-refractivity contribution in [3.8, 4) is 0 Å². The first kappa shape index (κ1) is 11.6. The Hall–Kier alpha value is -0.900. The molecule has 0 radical (unpaired) electrons. The van der Waals surface area contributed by atoms with Gasteiger partial charge in [-0.2, -0.15) is 0 Å². The molecule has 1 aliphatic carbocycles. The number of nitrogens with one attached hydrogen (secondary N) is 1. The smallest absolute Gasteiger partial charge is 0.233 e. The fourth-order valence-electron chi connectivity index (χ4n) is 2.48. The Morgan fingerprint density at radius 3 is 2.88 bits per heavy atom. The highest BCUT2D eigenvalue weighted by molar-refractivity contribution is 4.98. The molecule has 2 rings (SSSR count). The van der Waals surface area contributed by atoms with Crippen LogP contribution in [-0.2, 0) is 0 Å².